The molecule has 1 atom stereocenters. The van der Waals surface area contributed by atoms with Gasteiger partial charge in [0.15, 0.2) is 0 Å². The summed E-state index contributed by atoms with van der Waals surface area (Å²) in [5, 5.41) is 3.25. The number of anilines is 1. The lowest BCUT2D eigenvalue weighted by molar-refractivity contribution is -0.140. The number of likely N-dealkylation sites (N-methyl/N-ethyl adjacent to an activating group) is 1. The Hall–Kier alpha value is -2.58. The molecule has 0 spiro atoms. The van der Waals surface area contributed by atoms with E-state index in [9.17, 15) is 18.0 Å². The van der Waals surface area contributed by atoms with Gasteiger partial charge < -0.3 is 10.2 Å². The molecule has 7 nitrogen and oxygen atoms in total. The van der Waals surface area contributed by atoms with E-state index in [-0.39, 0.29) is 24.8 Å². The van der Waals surface area contributed by atoms with Crippen LogP contribution in [0.3, 0.4) is 0 Å². The molecule has 0 bridgehead atoms. The summed E-state index contributed by atoms with van der Waals surface area (Å²) in [5.41, 5.74) is 3.14. The van der Waals surface area contributed by atoms with E-state index in [0.29, 0.717) is 35.8 Å². The van der Waals surface area contributed by atoms with E-state index in [1.54, 1.807) is 36.9 Å². The average Bonchev–Trinajstić information content (AvgIpc) is 2.77. The number of halogens is 1. The smallest absolute Gasteiger partial charge is 0.242 e. The lowest BCUT2D eigenvalue weighted by Crippen LogP contribution is -2.47. The Morgan fingerprint density at radius 2 is 1.76 bits per heavy atom. The second-order valence-corrected chi connectivity index (χ2v) is 10.7. The number of nitrogens with zero attached hydrogens (tertiary/aromatic N) is 2. The first-order valence-electron chi connectivity index (χ1n) is 11.3. The maximum Gasteiger partial charge on any atom is 0.242 e. The molecule has 0 unspecified atom stereocenters. The zero-order valence-electron chi connectivity index (χ0n) is 20.5. The Morgan fingerprint density at radius 1 is 1.09 bits per heavy atom. The van der Waals surface area contributed by atoms with E-state index in [0.717, 1.165) is 17.4 Å². The summed E-state index contributed by atoms with van der Waals surface area (Å²) in [6.45, 7) is 8.16. The zero-order chi connectivity index (χ0) is 25.5. The van der Waals surface area contributed by atoms with Gasteiger partial charge >= 0.3 is 0 Å². The minimum atomic E-state index is -3.58. The summed E-state index contributed by atoms with van der Waals surface area (Å²) in [7, 11) is -3.58. The molecule has 0 saturated carbocycles. The third-order valence-corrected chi connectivity index (χ3v) is 7.37. The van der Waals surface area contributed by atoms with Crippen molar-refractivity contribution in [2.45, 2.75) is 53.1 Å². The molecule has 9 heteroatoms. The maximum absolute atomic E-state index is 13.3. The monoisotopic (exact) mass is 507 g/mol. The van der Waals surface area contributed by atoms with E-state index < -0.39 is 16.1 Å². The lowest BCUT2D eigenvalue weighted by atomic mass is 10.1. The third kappa shape index (κ3) is 7.21. The standard InChI is InChI=1S/C25H34ClN3O4S/c1-6-27-25(31)20(4)28(17-21-12-8-7-11-18(21)2)24(30)15-10-16-29(34(5,32)33)23-14-9-13-22(26)19(23)3/h7-9,11-14,20H,6,10,15-17H2,1-5H3,(H,27,31)/t20-/m0/s1. The van der Waals surface area contributed by atoms with Gasteiger partial charge in [0.25, 0.3) is 0 Å². The van der Waals surface area contributed by atoms with Gasteiger partial charge in [0.1, 0.15) is 6.04 Å². The molecule has 2 aromatic rings. The van der Waals surface area contributed by atoms with Crippen molar-refractivity contribution in [1.82, 2.24) is 10.2 Å². The fourth-order valence-electron chi connectivity index (χ4n) is 3.72. The van der Waals surface area contributed by atoms with Crippen LogP contribution in [-0.4, -0.2) is 50.5 Å². The van der Waals surface area contributed by atoms with E-state index >= 15 is 0 Å². The van der Waals surface area contributed by atoms with Crippen molar-refractivity contribution in [3.63, 3.8) is 0 Å². The predicted octanol–water partition coefficient (Wildman–Crippen LogP) is 4.06. The molecule has 0 fully saturated rings. The second kappa shape index (κ2) is 12.2. The number of amides is 2. The molecule has 2 aromatic carbocycles. The maximum atomic E-state index is 13.3. The topological polar surface area (TPSA) is 86.8 Å². The summed E-state index contributed by atoms with van der Waals surface area (Å²) < 4.78 is 26.3. The number of carbonyl (C=O) groups excluding carboxylic acids is 2. The van der Waals surface area contributed by atoms with E-state index in [4.69, 9.17) is 11.6 Å². The van der Waals surface area contributed by atoms with Crippen LogP contribution in [0.25, 0.3) is 0 Å². The van der Waals surface area contributed by atoms with Crippen LogP contribution in [0.15, 0.2) is 42.5 Å². The van der Waals surface area contributed by atoms with Crippen LogP contribution >= 0.6 is 11.6 Å². The van der Waals surface area contributed by atoms with Gasteiger partial charge in [-0.25, -0.2) is 8.42 Å². The minimum absolute atomic E-state index is 0.0985. The van der Waals surface area contributed by atoms with Crippen molar-refractivity contribution in [1.29, 1.82) is 0 Å². The summed E-state index contributed by atoms with van der Waals surface area (Å²) in [6.07, 6.45) is 1.53. The zero-order valence-corrected chi connectivity index (χ0v) is 22.0. The molecule has 0 heterocycles. The van der Waals surface area contributed by atoms with Gasteiger partial charge in [-0.1, -0.05) is 41.9 Å². The highest BCUT2D eigenvalue weighted by molar-refractivity contribution is 7.92. The van der Waals surface area contributed by atoms with Crippen LogP contribution < -0.4 is 9.62 Å². The molecule has 0 aromatic heterocycles. The Bertz CT molecular complexity index is 1120. The number of aryl methyl sites for hydroxylation is 1. The molecule has 0 aliphatic rings. The summed E-state index contributed by atoms with van der Waals surface area (Å²) >= 11 is 6.19. The highest BCUT2D eigenvalue weighted by Crippen LogP contribution is 2.28. The first-order chi connectivity index (χ1) is 16.0. The number of rotatable bonds is 11. The fraction of sp³-hybridized carbons (Fsp3) is 0.440. The third-order valence-electron chi connectivity index (χ3n) is 5.78. The van der Waals surface area contributed by atoms with Crippen LogP contribution in [0.2, 0.25) is 5.02 Å². The van der Waals surface area contributed by atoms with Gasteiger partial charge in [-0.3, -0.25) is 13.9 Å². The number of hydrogen-bond donors (Lipinski definition) is 1. The number of hydrogen-bond acceptors (Lipinski definition) is 4. The molecular weight excluding hydrogens is 474 g/mol. The summed E-state index contributed by atoms with van der Waals surface area (Å²) in [6, 6.07) is 12.2. The molecule has 34 heavy (non-hydrogen) atoms. The van der Waals surface area contributed by atoms with Gasteiger partial charge in [0.2, 0.25) is 21.8 Å². The van der Waals surface area contributed by atoms with Crippen LogP contribution in [0.5, 0.6) is 0 Å². The predicted molar refractivity (Wildman–Crippen MR) is 137 cm³/mol. The van der Waals surface area contributed by atoms with Crippen molar-refractivity contribution in [3.8, 4) is 0 Å². The SMILES string of the molecule is CCNC(=O)[C@H](C)N(Cc1ccccc1C)C(=O)CCCN(c1cccc(Cl)c1C)S(C)(=O)=O. The van der Waals surface area contributed by atoms with Gasteiger partial charge in [-0.2, -0.15) is 0 Å². The highest BCUT2D eigenvalue weighted by Gasteiger charge is 2.27. The number of sulfonamides is 1. The van der Waals surface area contributed by atoms with E-state index in [1.807, 2.05) is 38.1 Å². The molecule has 0 aliphatic carbocycles. The van der Waals surface area contributed by atoms with Gasteiger partial charge in [-0.05, 0) is 62.9 Å². The van der Waals surface area contributed by atoms with Crippen LogP contribution in [0.1, 0.15) is 43.4 Å². The van der Waals surface area contributed by atoms with Crippen molar-refractivity contribution in [3.05, 3.63) is 64.2 Å². The van der Waals surface area contributed by atoms with Crippen molar-refractivity contribution in [2.75, 3.05) is 23.7 Å². The summed E-state index contributed by atoms with van der Waals surface area (Å²) in [5.74, 6) is -0.435. The molecule has 0 aliphatic heterocycles. The highest BCUT2D eigenvalue weighted by atomic mass is 35.5. The molecular formula is C25H34ClN3O4S. The van der Waals surface area contributed by atoms with Crippen LogP contribution in [0, 0.1) is 13.8 Å². The lowest BCUT2D eigenvalue weighted by Gasteiger charge is -2.30. The second-order valence-electron chi connectivity index (χ2n) is 8.34. The van der Waals surface area contributed by atoms with Gasteiger partial charge in [0.05, 0.1) is 11.9 Å². The molecule has 2 rings (SSSR count). The first kappa shape index (κ1) is 27.7. The Kier molecular flexibility index (Phi) is 9.94. The average molecular weight is 508 g/mol. The molecule has 186 valence electrons. The molecule has 0 radical (unpaired) electrons. The number of benzene rings is 2. The van der Waals surface area contributed by atoms with Crippen molar-refractivity contribution < 1.29 is 18.0 Å². The normalized spacial score (nSPS) is 12.2. The fourth-order valence-corrected chi connectivity index (χ4v) is 4.91. The number of carbonyl (C=O) groups is 2. The van der Waals surface area contributed by atoms with Crippen molar-refractivity contribution >= 4 is 39.1 Å². The largest absolute Gasteiger partial charge is 0.355 e. The van der Waals surface area contributed by atoms with Crippen LogP contribution in [0.4, 0.5) is 5.69 Å². The minimum Gasteiger partial charge on any atom is -0.355 e. The Labute approximate surface area is 208 Å². The number of nitrogens with one attached hydrogen (secondary N) is 1. The van der Waals surface area contributed by atoms with Crippen LogP contribution in [-0.2, 0) is 26.2 Å². The molecule has 2 amide bonds. The first-order valence-corrected chi connectivity index (χ1v) is 13.5. The Morgan fingerprint density at radius 3 is 2.38 bits per heavy atom. The summed E-state index contributed by atoms with van der Waals surface area (Å²) in [4.78, 5) is 27.3. The van der Waals surface area contributed by atoms with E-state index in [2.05, 4.69) is 5.32 Å². The van der Waals surface area contributed by atoms with Gasteiger partial charge in [0, 0.05) is 31.1 Å². The molecule has 1 N–H and O–H groups in total. The van der Waals surface area contributed by atoms with E-state index in [1.165, 1.54) is 4.31 Å². The van der Waals surface area contributed by atoms with Gasteiger partial charge in [-0.15, -0.1) is 0 Å². The molecule has 0 saturated heterocycles. The van der Waals surface area contributed by atoms with Crippen molar-refractivity contribution in [2.24, 2.45) is 0 Å². The quantitative estimate of drug-likeness (QED) is 0.497. The Balaban J connectivity index is 2.20.